The van der Waals surface area contributed by atoms with E-state index in [1.165, 1.54) is 0 Å². The molecule has 162 valence electrons. The molecule has 0 bridgehead atoms. The molecule has 0 atom stereocenters. The molecule has 0 aliphatic carbocycles. The summed E-state index contributed by atoms with van der Waals surface area (Å²) in [4.78, 5) is 20.8. The predicted molar refractivity (Wildman–Crippen MR) is 119 cm³/mol. The maximum absolute atomic E-state index is 11.6. The number of rotatable bonds is 6. The Hall–Kier alpha value is -2.96. The second kappa shape index (κ2) is 9.45. The fourth-order valence-corrected chi connectivity index (χ4v) is 4.85. The summed E-state index contributed by atoms with van der Waals surface area (Å²) < 4.78 is 11.6. The SMILES string of the molecule is Cc1ccc(C(N)=O)c(SCCN2CCN(c3ccc(C#N)c4c3OCCO4)CC2)n1. The van der Waals surface area contributed by atoms with Crippen molar-refractivity contribution in [2.45, 2.75) is 11.9 Å². The molecule has 2 aromatic rings. The molecule has 3 heterocycles. The van der Waals surface area contributed by atoms with Gasteiger partial charge in [0.15, 0.2) is 11.5 Å². The van der Waals surface area contributed by atoms with Gasteiger partial charge in [-0.15, -0.1) is 11.8 Å². The van der Waals surface area contributed by atoms with E-state index in [0.717, 1.165) is 49.9 Å². The molecular formula is C22H25N5O3S. The van der Waals surface area contributed by atoms with Crippen LogP contribution in [0, 0.1) is 18.3 Å². The van der Waals surface area contributed by atoms with Crippen molar-refractivity contribution in [1.29, 1.82) is 5.26 Å². The van der Waals surface area contributed by atoms with Crippen molar-refractivity contribution < 1.29 is 14.3 Å². The standard InChI is InChI=1S/C22H25N5O3S/c1-15-2-4-17(21(24)28)22(25-15)31-13-10-26-6-8-27(9-7-26)18-5-3-16(14-23)19-20(18)30-12-11-29-19/h2-5H,6-13H2,1H3,(H2,24,28). The third-order valence-corrected chi connectivity index (χ3v) is 6.38. The smallest absolute Gasteiger partial charge is 0.251 e. The quantitative estimate of drug-likeness (QED) is 0.682. The second-order valence-corrected chi connectivity index (χ2v) is 8.53. The first-order chi connectivity index (χ1) is 15.1. The van der Waals surface area contributed by atoms with Gasteiger partial charge in [0.2, 0.25) is 0 Å². The predicted octanol–water partition coefficient (Wildman–Crippen LogP) is 2.05. The summed E-state index contributed by atoms with van der Waals surface area (Å²) in [6.07, 6.45) is 0. The maximum Gasteiger partial charge on any atom is 0.251 e. The highest BCUT2D eigenvalue weighted by Crippen LogP contribution is 2.42. The molecule has 1 aromatic heterocycles. The third kappa shape index (κ3) is 4.70. The van der Waals surface area contributed by atoms with Crippen molar-refractivity contribution in [1.82, 2.24) is 9.88 Å². The number of piperazine rings is 1. The zero-order valence-corrected chi connectivity index (χ0v) is 18.3. The van der Waals surface area contributed by atoms with E-state index >= 15 is 0 Å². The van der Waals surface area contributed by atoms with Gasteiger partial charge >= 0.3 is 0 Å². The molecule has 9 heteroatoms. The number of thioether (sulfide) groups is 1. The van der Waals surface area contributed by atoms with E-state index in [1.54, 1.807) is 30.0 Å². The summed E-state index contributed by atoms with van der Waals surface area (Å²) in [5.74, 6) is 1.63. The zero-order valence-electron chi connectivity index (χ0n) is 17.5. The minimum absolute atomic E-state index is 0.444. The van der Waals surface area contributed by atoms with Crippen LogP contribution in [-0.2, 0) is 0 Å². The van der Waals surface area contributed by atoms with Crippen LogP contribution >= 0.6 is 11.8 Å². The first kappa shape index (κ1) is 21.3. The summed E-state index contributed by atoms with van der Waals surface area (Å²) in [5, 5.41) is 10.0. The largest absolute Gasteiger partial charge is 0.485 e. The molecule has 1 saturated heterocycles. The number of amides is 1. The van der Waals surface area contributed by atoms with Crippen LogP contribution < -0.4 is 20.1 Å². The summed E-state index contributed by atoms with van der Waals surface area (Å²) in [6, 6.07) is 9.48. The van der Waals surface area contributed by atoms with Crippen LogP contribution in [-0.4, -0.2) is 67.5 Å². The number of carbonyl (C=O) groups is 1. The number of hydrogen-bond donors (Lipinski definition) is 1. The molecule has 0 unspecified atom stereocenters. The Balaban J connectivity index is 1.34. The van der Waals surface area contributed by atoms with Crippen molar-refractivity contribution in [3.63, 3.8) is 0 Å². The van der Waals surface area contributed by atoms with Crippen LogP contribution in [0.2, 0.25) is 0 Å². The first-order valence-electron chi connectivity index (χ1n) is 10.3. The van der Waals surface area contributed by atoms with E-state index in [9.17, 15) is 10.1 Å². The Morgan fingerprint density at radius 2 is 1.90 bits per heavy atom. The van der Waals surface area contributed by atoms with Crippen molar-refractivity contribution >= 4 is 23.4 Å². The van der Waals surface area contributed by atoms with Crippen LogP contribution in [0.15, 0.2) is 29.3 Å². The van der Waals surface area contributed by atoms with Crippen LogP contribution in [0.25, 0.3) is 0 Å². The molecule has 31 heavy (non-hydrogen) atoms. The van der Waals surface area contributed by atoms with Gasteiger partial charge in [0, 0.05) is 44.2 Å². The lowest BCUT2D eigenvalue weighted by Crippen LogP contribution is -2.47. The number of carbonyl (C=O) groups excluding carboxylic acids is 1. The Labute approximate surface area is 185 Å². The van der Waals surface area contributed by atoms with Crippen LogP contribution in [0.4, 0.5) is 5.69 Å². The minimum Gasteiger partial charge on any atom is -0.485 e. The van der Waals surface area contributed by atoms with Gasteiger partial charge in [-0.25, -0.2) is 4.98 Å². The number of hydrogen-bond acceptors (Lipinski definition) is 8. The van der Waals surface area contributed by atoms with Gasteiger partial charge in [-0.3, -0.25) is 9.69 Å². The van der Waals surface area contributed by atoms with Crippen molar-refractivity contribution in [3.05, 3.63) is 41.1 Å². The molecule has 2 N–H and O–H groups in total. The molecular weight excluding hydrogens is 414 g/mol. The Morgan fingerprint density at radius 3 is 2.61 bits per heavy atom. The zero-order chi connectivity index (χ0) is 21.8. The highest BCUT2D eigenvalue weighted by atomic mass is 32.2. The van der Waals surface area contributed by atoms with Crippen LogP contribution in [0.5, 0.6) is 11.5 Å². The van der Waals surface area contributed by atoms with Crippen molar-refractivity contribution in [3.8, 4) is 17.6 Å². The molecule has 1 amide bonds. The highest BCUT2D eigenvalue weighted by molar-refractivity contribution is 7.99. The monoisotopic (exact) mass is 439 g/mol. The molecule has 0 saturated carbocycles. The average Bonchev–Trinajstić information content (AvgIpc) is 2.79. The highest BCUT2D eigenvalue weighted by Gasteiger charge is 2.26. The van der Waals surface area contributed by atoms with Gasteiger partial charge in [0.1, 0.15) is 24.3 Å². The fraction of sp³-hybridized carbons (Fsp3) is 0.409. The fourth-order valence-electron chi connectivity index (χ4n) is 3.77. The number of nitrogens with zero attached hydrogens (tertiary/aromatic N) is 4. The van der Waals surface area contributed by atoms with E-state index in [-0.39, 0.29) is 0 Å². The Kier molecular flexibility index (Phi) is 6.49. The Bertz CT molecular complexity index is 1010. The maximum atomic E-state index is 11.6. The molecule has 1 fully saturated rings. The summed E-state index contributed by atoms with van der Waals surface area (Å²) in [7, 11) is 0. The first-order valence-corrected chi connectivity index (χ1v) is 11.3. The lowest BCUT2D eigenvalue weighted by molar-refractivity contribution is 0.0997. The number of pyridine rings is 1. The Morgan fingerprint density at radius 1 is 1.16 bits per heavy atom. The topological polar surface area (TPSA) is 105 Å². The van der Waals surface area contributed by atoms with Gasteiger partial charge < -0.3 is 20.1 Å². The molecule has 2 aliphatic heterocycles. The van der Waals surface area contributed by atoms with Gasteiger partial charge in [0.05, 0.1) is 16.8 Å². The number of aryl methyl sites for hydroxylation is 1. The number of benzene rings is 1. The van der Waals surface area contributed by atoms with E-state index in [4.69, 9.17) is 15.2 Å². The third-order valence-electron chi connectivity index (χ3n) is 5.41. The number of aromatic nitrogens is 1. The lowest BCUT2D eigenvalue weighted by atomic mass is 10.1. The van der Waals surface area contributed by atoms with E-state index < -0.39 is 5.91 Å². The summed E-state index contributed by atoms with van der Waals surface area (Å²) >= 11 is 1.57. The second-order valence-electron chi connectivity index (χ2n) is 7.45. The summed E-state index contributed by atoms with van der Waals surface area (Å²) in [6.45, 7) is 7.32. The average molecular weight is 440 g/mol. The van der Waals surface area contributed by atoms with Crippen LogP contribution in [0.3, 0.4) is 0 Å². The molecule has 8 nitrogen and oxygen atoms in total. The normalized spacial score (nSPS) is 16.1. The number of ether oxygens (including phenoxy) is 2. The van der Waals surface area contributed by atoms with Crippen LogP contribution in [0.1, 0.15) is 21.6 Å². The number of fused-ring (bicyclic) bond motifs is 1. The lowest BCUT2D eigenvalue weighted by Gasteiger charge is -2.37. The molecule has 2 aliphatic rings. The van der Waals surface area contributed by atoms with Crippen molar-refractivity contribution in [2.75, 3.05) is 56.6 Å². The number of nitrogens with two attached hydrogens (primary N) is 1. The molecule has 4 rings (SSSR count). The van der Waals surface area contributed by atoms with Crippen molar-refractivity contribution in [2.24, 2.45) is 5.73 Å². The van der Waals surface area contributed by atoms with Gasteiger partial charge in [-0.05, 0) is 31.2 Å². The van der Waals surface area contributed by atoms with Gasteiger partial charge in [-0.2, -0.15) is 5.26 Å². The number of nitriles is 1. The minimum atomic E-state index is -0.444. The number of anilines is 1. The van der Waals surface area contributed by atoms with E-state index in [0.29, 0.717) is 40.9 Å². The summed E-state index contributed by atoms with van der Waals surface area (Å²) in [5.41, 5.74) is 8.32. The van der Waals surface area contributed by atoms with E-state index in [1.807, 2.05) is 13.0 Å². The molecule has 0 radical (unpaired) electrons. The number of primary amides is 1. The van der Waals surface area contributed by atoms with Gasteiger partial charge in [0.25, 0.3) is 5.91 Å². The van der Waals surface area contributed by atoms with Gasteiger partial charge in [-0.1, -0.05) is 0 Å². The molecule has 0 spiro atoms. The van der Waals surface area contributed by atoms with E-state index in [2.05, 4.69) is 20.9 Å². The molecule has 1 aromatic carbocycles.